The lowest BCUT2D eigenvalue weighted by Crippen LogP contribution is -2.25. The van der Waals surface area contributed by atoms with E-state index in [1.54, 1.807) is 13.0 Å². The lowest BCUT2D eigenvalue weighted by atomic mass is 10.1. The molecular formula is C16H16FNOS. The zero-order chi connectivity index (χ0) is 14.5. The number of rotatable bonds is 4. The molecule has 0 aliphatic heterocycles. The first-order valence-electron chi connectivity index (χ1n) is 6.35. The van der Waals surface area contributed by atoms with Gasteiger partial charge in [-0.3, -0.25) is 4.79 Å². The van der Waals surface area contributed by atoms with Gasteiger partial charge >= 0.3 is 0 Å². The summed E-state index contributed by atoms with van der Waals surface area (Å²) >= 11 is 4.34. The highest BCUT2D eigenvalue weighted by Gasteiger charge is 2.15. The molecule has 104 valence electrons. The molecule has 0 spiro atoms. The molecule has 4 heteroatoms. The van der Waals surface area contributed by atoms with Gasteiger partial charge in [-0.2, -0.15) is 12.6 Å². The highest BCUT2D eigenvalue weighted by Crippen LogP contribution is 2.17. The lowest BCUT2D eigenvalue weighted by Gasteiger charge is -2.13. The fraction of sp³-hybridized carbons (Fsp3) is 0.188. The van der Waals surface area contributed by atoms with Crippen LogP contribution in [0.3, 0.4) is 0 Å². The second kappa shape index (κ2) is 6.57. The maximum Gasteiger partial charge on any atom is 0.237 e. The van der Waals surface area contributed by atoms with Crippen molar-refractivity contribution in [3.63, 3.8) is 0 Å². The van der Waals surface area contributed by atoms with Crippen LogP contribution in [-0.2, 0) is 11.2 Å². The van der Waals surface area contributed by atoms with Crippen LogP contribution in [0, 0.1) is 12.7 Å². The second-order valence-electron chi connectivity index (χ2n) is 4.65. The summed E-state index contributed by atoms with van der Waals surface area (Å²) in [7, 11) is 0. The summed E-state index contributed by atoms with van der Waals surface area (Å²) in [6.45, 7) is 1.75. The molecule has 1 unspecified atom stereocenters. The summed E-state index contributed by atoms with van der Waals surface area (Å²) in [5, 5.41) is 2.33. The summed E-state index contributed by atoms with van der Waals surface area (Å²) in [6, 6.07) is 14.0. The Morgan fingerprint density at radius 2 is 1.95 bits per heavy atom. The van der Waals surface area contributed by atoms with E-state index in [4.69, 9.17) is 0 Å². The van der Waals surface area contributed by atoms with Gasteiger partial charge in [0.25, 0.3) is 0 Å². The van der Waals surface area contributed by atoms with E-state index in [0.717, 1.165) is 5.56 Å². The lowest BCUT2D eigenvalue weighted by molar-refractivity contribution is -0.115. The summed E-state index contributed by atoms with van der Waals surface area (Å²) in [5.41, 5.74) is 2.36. The van der Waals surface area contributed by atoms with Crippen LogP contribution in [0.15, 0.2) is 48.5 Å². The van der Waals surface area contributed by atoms with Gasteiger partial charge in [0.1, 0.15) is 5.82 Å². The zero-order valence-corrected chi connectivity index (χ0v) is 12.0. The first kappa shape index (κ1) is 14.6. The smallest absolute Gasteiger partial charge is 0.237 e. The van der Waals surface area contributed by atoms with E-state index in [-0.39, 0.29) is 11.7 Å². The molecule has 1 amide bonds. The van der Waals surface area contributed by atoms with Gasteiger partial charge in [-0.05, 0) is 42.7 Å². The van der Waals surface area contributed by atoms with Crippen LogP contribution in [0.5, 0.6) is 0 Å². The van der Waals surface area contributed by atoms with Crippen molar-refractivity contribution in [3.8, 4) is 0 Å². The number of hydrogen-bond acceptors (Lipinski definition) is 2. The van der Waals surface area contributed by atoms with Crippen LogP contribution < -0.4 is 5.32 Å². The van der Waals surface area contributed by atoms with E-state index < -0.39 is 5.25 Å². The molecule has 0 aliphatic carbocycles. The summed E-state index contributed by atoms with van der Waals surface area (Å²) < 4.78 is 13.0. The number of thiol groups is 1. The normalized spacial score (nSPS) is 11.9. The number of nitrogens with one attached hydrogen (secondary N) is 1. The summed E-state index contributed by atoms with van der Waals surface area (Å²) in [4.78, 5) is 12.1. The van der Waals surface area contributed by atoms with Crippen molar-refractivity contribution in [2.75, 3.05) is 5.32 Å². The molecule has 0 saturated heterocycles. The molecule has 0 bridgehead atoms. The molecular weight excluding hydrogens is 273 g/mol. The molecule has 2 rings (SSSR count). The number of amides is 1. The molecule has 20 heavy (non-hydrogen) atoms. The molecule has 0 saturated carbocycles. The first-order valence-corrected chi connectivity index (χ1v) is 6.87. The van der Waals surface area contributed by atoms with Gasteiger partial charge in [0.05, 0.1) is 5.25 Å². The molecule has 0 radical (unpaired) electrons. The van der Waals surface area contributed by atoms with E-state index in [0.29, 0.717) is 17.7 Å². The van der Waals surface area contributed by atoms with Gasteiger partial charge in [-0.15, -0.1) is 0 Å². The minimum absolute atomic E-state index is 0.188. The average Bonchev–Trinajstić information content (AvgIpc) is 2.43. The standard InChI is InChI=1S/C16H16FNOS/c1-11-9-13(17)7-8-14(11)18-16(19)15(20)10-12-5-3-2-4-6-12/h2-9,15,20H,10H2,1H3,(H,18,19). The van der Waals surface area contributed by atoms with E-state index >= 15 is 0 Å². The Balaban J connectivity index is 2.01. The molecule has 0 fully saturated rings. The highest BCUT2D eigenvalue weighted by molar-refractivity contribution is 7.81. The van der Waals surface area contributed by atoms with Crippen molar-refractivity contribution in [2.45, 2.75) is 18.6 Å². The van der Waals surface area contributed by atoms with Gasteiger partial charge < -0.3 is 5.32 Å². The zero-order valence-electron chi connectivity index (χ0n) is 11.1. The molecule has 0 aromatic heterocycles. The number of carbonyl (C=O) groups is 1. The summed E-state index contributed by atoms with van der Waals surface area (Å²) in [6.07, 6.45) is 0.552. The molecule has 0 heterocycles. The number of halogens is 1. The van der Waals surface area contributed by atoms with Crippen LogP contribution in [-0.4, -0.2) is 11.2 Å². The van der Waals surface area contributed by atoms with Crippen molar-refractivity contribution < 1.29 is 9.18 Å². The molecule has 2 aromatic rings. The minimum atomic E-state index is -0.443. The number of carbonyl (C=O) groups excluding carboxylic acids is 1. The van der Waals surface area contributed by atoms with Gasteiger partial charge in [0, 0.05) is 5.69 Å². The van der Waals surface area contributed by atoms with Crippen LogP contribution in [0.4, 0.5) is 10.1 Å². The Bertz CT molecular complexity index is 601. The first-order chi connectivity index (χ1) is 9.56. The van der Waals surface area contributed by atoms with Crippen LogP contribution in [0.1, 0.15) is 11.1 Å². The van der Waals surface area contributed by atoms with Crippen molar-refractivity contribution in [3.05, 3.63) is 65.5 Å². The van der Waals surface area contributed by atoms with Gasteiger partial charge in [-0.25, -0.2) is 4.39 Å². The molecule has 1 atom stereocenters. The van der Waals surface area contributed by atoms with E-state index in [2.05, 4.69) is 17.9 Å². The quantitative estimate of drug-likeness (QED) is 0.827. The molecule has 2 aromatic carbocycles. The van der Waals surface area contributed by atoms with Gasteiger partial charge in [0.2, 0.25) is 5.91 Å². The Morgan fingerprint density at radius 3 is 2.60 bits per heavy atom. The SMILES string of the molecule is Cc1cc(F)ccc1NC(=O)C(S)Cc1ccccc1. The second-order valence-corrected chi connectivity index (χ2v) is 5.28. The van der Waals surface area contributed by atoms with Crippen molar-refractivity contribution in [1.82, 2.24) is 0 Å². The Morgan fingerprint density at radius 1 is 1.25 bits per heavy atom. The fourth-order valence-corrected chi connectivity index (χ4v) is 2.19. The Labute approximate surface area is 123 Å². The van der Waals surface area contributed by atoms with Crippen LogP contribution in [0.25, 0.3) is 0 Å². The van der Waals surface area contributed by atoms with E-state index in [1.165, 1.54) is 12.1 Å². The maximum absolute atomic E-state index is 13.0. The van der Waals surface area contributed by atoms with Crippen LogP contribution >= 0.6 is 12.6 Å². The topological polar surface area (TPSA) is 29.1 Å². The van der Waals surface area contributed by atoms with E-state index in [1.807, 2.05) is 30.3 Å². The molecule has 0 aliphatic rings. The third kappa shape index (κ3) is 3.84. The van der Waals surface area contributed by atoms with Gasteiger partial charge in [-0.1, -0.05) is 30.3 Å². The predicted molar refractivity (Wildman–Crippen MR) is 82.7 cm³/mol. The van der Waals surface area contributed by atoms with E-state index in [9.17, 15) is 9.18 Å². The monoisotopic (exact) mass is 289 g/mol. The third-order valence-electron chi connectivity index (χ3n) is 3.02. The molecule has 2 nitrogen and oxygen atoms in total. The highest BCUT2D eigenvalue weighted by atomic mass is 32.1. The van der Waals surface area contributed by atoms with Gasteiger partial charge in [0.15, 0.2) is 0 Å². The largest absolute Gasteiger partial charge is 0.325 e. The fourth-order valence-electron chi connectivity index (χ4n) is 1.91. The molecule has 1 N–H and O–H groups in total. The average molecular weight is 289 g/mol. The predicted octanol–water partition coefficient (Wildman–Crippen LogP) is 3.61. The van der Waals surface area contributed by atoms with Crippen molar-refractivity contribution in [1.29, 1.82) is 0 Å². The maximum atomic E-state index is 13.0. The van der Waals surface area contributed by atoms with Crippen LogP contribution in [0.2, 0.25) is 0 Å². The number of aryl methyl sites for hydroxylation is 1. The minimum Gasteiger partial charge on any atom is -0.325 e. The number of anilines is 1. The van der Waals surface area contributed by atoms with Crippen molar-refractivity contribution in [2.24, 2.45) is 0 Å². The Hall–Kier alpha value is -1.81. The number of benzene rings is 2. The summed E-state index contributed by atoms with van der Waals surface area (Å²) in [5.74, 6) is -0.501. The third-order valence-corrected chi connectivity index (χ3v) is 3.44. The Kier molecular flexibility index (Phi) is 4.79. The number of hydrogen-bond donors (Lipinski definition) is 2. The van der Waals surface area contributed by atoms with Crippen molar-refractivity contribution >= 4 is 24.2 Å².